The van der Waals surface area contributed by atoms with E-state index in [-0.39, 0.29) is 0 Å². The molecule has 2 nitrogen and oxygen atoms in total. The lowest BCUT2D eigenvalue weighted by atomic mass is 10.1. The Kier molecular flexibility index (Phi) is 2.40. The fourth-order valence-corrected chi connectivity index (χ4v) is 2.51. The van der Waals surface area contributed by atoms with E-state index in [9.17, 15) is 0 Å². The number of halogens is 1. The number of hydrogen-bond donors (Lipinski definition) is 1. The second-order valence-electron chi connectivity index (χ2n) is 3.98. The van der Waals surface area contributed by atoms with Crippen LogP contribution in [0, 0.1) is 0 Å². The van der Waals surface area contributed by atoms with Crippen molar-refractivity contribution in [2.45, 2.75) is 12.8 Å². The first kappa shape index (κ1) is 9.85. The maximum atomic E-state index is 4.03. The highest BCUT2D eigenvalue weighted by molar-refractivity contribution is 9.10. The first-order chi connectivity index (χ1) is 7.83. The summed E-state index contributed by atoms with van der Waals surface area (Å²) in [6.45, 7) is 0. The highest BCUT2D eigenvalue weighted by atomic mass is 79.9. The molecule has 1 aromatic heterocycles. The molecule has 3 rings (SSSR count). The molecule has 3 heteroatoms. The molecule has 1 N–H and O–H groups in total. The molecule has 0 spiro atoms. The van der Waals surface area contributed by atoms with Crippen molar-refractivity contribution < 1.29 is 0 Å². The van der Waals surface area contributed by atoms with E-state index in [4.69, 9.17) is 0 Å². The van der Waals surface area contributed by atoms with E-state index in [1.807, 2.05) is 6.20 Å². The lowest BCUT2D eigenvalue weighted by Crippen LogP contribution is -1.81. The highest BCUT2D eigenvalue weighted by Gasteiger charge is 2.16. The monoisotopic (exact) mass is 274 g/mol. The third kappa shape index (κ3) is 1.71. The van der Waals surface area contributed by atoms with Crippen molar-refractivity contribution in [3.05, 3.63) is 52.0 Å². The summed E-state index contributed by atoms with van der Waals surface area (Å²) in [7, 11) is 0. The number of benzene rings is 1. The molecule has 0 fully saturated rings. The maximum Gasteiger partial charge on any atom is 0.0924 e. The zero-order valence-electron chi connectivity index (χ0n) is 8.70. The quantitative estimate of drug-likeness (QED) is 0.845. The van der Waals surface area contributed by atoms with E-state index in [2.05, 4.69) is 50.2 Å². The van der Waals surface area contributed by atoms with Gasteiger partial charge in [0.2, 0.25) is 0 Å². The van der Waals surface area contributed by atoms with E-state index < -0.39 is 0 Å². The van der Waals surface area contributed by atoms with E-state index in [0.29, 0.717) is 0 Å². The predicted molar refractivity (Wildman–Crippen MR) is 68.9 cm³/mol. The molecule has 80 valence electrons. The molecule has 0 saturated carbocycles. The molecule has 16 heavy (non-hydrogen) atoms. The van der Waals surface area contributed by atoms with Crippen LogP contribution >= 0.6 is 15.9 Å². The largest absolute Gasteiger partial charge is 0.345 e. The van der Waals surface area contributed by atoms with Gasteiger partial charge in [-0.1, -0.05) is 22.0 Å². The lowest BCUT2D eigenvalue weighted by molar-refractivity contribution is 1.08. The van der Waals surface area contributed by atoms with Crippen molar-refractivity contribution in [3.63, 3.8) is 0 Å². The van der Waals surface area contributed by atoms with Gasteiger partial charge in [0.1, 0.15) is 0 Å². The fourth-order valence-electron chi connectivity index (χ4n) is 2.15. The van der Waals surface area contributed by atoms with Gasteiger partial charge in [0, 0.05) is 4.47 Å². The Hall–Kier alpha value is -1.35. The van der Waals surface area contributed by atoms with Gasteiger partial charge in [-0.05, 0) is 47.8 Å². The minimum absolute atomic E-state index is 1.07. The summed E-state index contributed by atoms with van der Waals surface area (Å²) in [5, 5.41) is 0. The molecule has 0 bridgehead atoms. The van der Waals surface area contributed by atoms with Crippen LogP contribution in [0.3, 0.4) is 0 Å². The summed E-state index contributed by atoms with van der Waals surface area (Å²) in [5.74, 6) is 0. The van der Waals surface area contributed by atoms with Gasteiger partial charge in [-0.3, -0.25) is 0 Å². The molecule has 1 aromatic carbocycles. The van der Waals surface area contributed by atoms with Crippen LogP contribution in [-0.4, -0.2) is 9.97 Å². The van der Waals surface area contributed by atoms with Crippen molar-refractivity contribution in [1.82, 2.24) is 9.97 Å². The third-order valence-electron chi connectivity index (χ3n) is 2.93. The standard InChI is InChI=1S/C13H11BrN2/c14-11-4-3-9-1-2-10(13(9)6-11)5-12-7-15-8-16-12/h3-8H,1-2H2,(H,15,16). The summed E-state index contributed by atoms with van der Waals surface area (Å²) >= 11 is 3.52. The van der Waals surface area contributed by atoms with Gasteiger partial charge in [-0.2, -0.15) is 0 Å². The predicted octanol–water partition coefficient (Wildman–Crippen LogP) is 3.66. The molecule has 1 aliphatic carbocycles. The Morgan fingerprint density at radius 1 is 1.31 bits per heavy atom. The molecular formula is C13H11BrN2. The smallest absolute Gasteiger partial charge is 0.0924 e. The summed E-state index contributed by atoms with van der Waals surface area (Å²) in [4.78, 5) is 7.14. The third-order valence-corrected chi connectivity index (χ3v) is 3.42. The number of aryl methyl sites for hydroxylation is 1. The number of fused-ring (bicyclic) bond motifs is 1. The molecule has 1 heterocycles. The minimum Gasteiger partial charge on any atom is -0.345 e. The molecule has 0 unspecified atom stereocenters. The molecular weight excluding hydrogens is 264 g/mol. The average molecular weight is 275 g/mol. The van der Waals surface area contributed by atoms with Crippen LogP contribution in [-0.2, 0) is 6.42 Å². The Labute approximate surface area is 103 Å². The Morgan fingerprint density at radius 3 is 3.06 bits per heavy atom. The Balaban J connectivity index is 2.05. The van der Waals surface area contributed by atoms with Crippen LogP contribution in [0.4, 0.5) is 0 Å². The Bertz CT molecular complexity index is 541. The lowest BCUT2D eigenvalue weighted by Gasteiger charge is -2.01. The van der Waals surface area contributed by atoms with Crippen molar-refractivity contribution in [2.24, 2.45) is 0 Å². The zero-order chi connectivity index (χ0) is 11.0. The van der Waals surface area contributed by atoms with E-state index in [1.165, 1.54) is 16.7 Å². The summed E-state index contributed by atoms with van der Waals surface area (Å²) < 4.78 is 1.14. The van der Waals surface area contributed by atoms with Crippen LogP contribution in [0.1, 0.15) is 23.2 Å². The van der Waals surface area contributed by atoms with Crippen LogP contribution in [0.25, 0.3) is 11.6 Å². The number of imidazole rings is 1. The van der Waals surface area contributed by atoms with Gasteiger partial charge in [-0.25, -0.2) is 4.98 Å². The van der Waals surface area contributed by atoms with Gasteiger partial charge >= 0.3 is 0 Å². The maximum absolute atomic E-state index is 4.03. The van der Waals surface area contributed by atoms with Gasteiger partial charge in [-0.15, -0.1) is 0 Å². The van der Waals surface area contributed by atoms with Crippen LogP contribution in [0.2, 0.25) is 0 Å². The van der Waals surface area contributed by atoms with Gasteiger partial charge < -0.3 is 4.98 Å². The first-order valence-electron chi connectivity index (χ1n) is 5.31. The van der Waals surface area contributed by atoms with Crippen LogP contribution in [0.15, 0.2) is 35.2 Å². The number of nitrogens with one attached hydrogen (secondary N) is 1. The first-order valence-corrected chi connectivity index (χ1v) is 6.10. The number of H-pyrrole nitrogens is 1. The summed E-state index contributed by atoms with van der Waals surface area (Å²) in [5.41, 5.74) is 5.27. The average Bonchev–Trinajstić information content (AvgIpc) is 2.90. The van der Waals surface area contributed by atoms with Crippen LogP contribution in [0.5, 0.6) is 0 Å². The molecule has 0 radical (unpaired) electrons. The molecule has 2 aromatic rings. The second-order valence-corrected chi connectivity index (χ2v) is 4.89. The van der Waals surface area contributed by atoms with E-state index in [1.54, 1.807) is 6.33 Å². The number of rotatable bonds is 1. The number of aromatic nitrogens is 2. The van der Waals surface area contributed by atoms with Gasteiger partial charge in [0.05, 0.1) is 18.2 Å². The van der Waals surface area contributed by atoms with E-state index >= 15 is 0 Å². The SMILES string of the molecule is Brc1ccc2c(c1)C(=Cc1cnc[nH]1)CC2. The van der Waals surface area contributed by atoms with Gasteiger partial charge in [0.15, 0.2) is 0 Å². The fraction of sp³-hybridized carbons (Fsp3) is 0.154. The number of nitrogens with zero attached hydrogens (tertiary/aromatic N) is 1. The van der Waals surface area contributed by atoms with E-state index in [0.717, 1.165) is 23.0 Å². The molecule has 0 amide bonds. The minimum atomic E-state index is 1.07. The summed E-state index contributed by atoms with van der Waals surface area (Å²) in [6.07, 6.45) is 8.00. The van der Waals surface area contributed by atoms with Crippen molar-refractivity contribution in [3.8, 4) is 0 Å². The molecule has 0 atom stereocenters. The van der Waals surface area contributed by atoms with Gasteiger partial charge in [0.25, 0.3) is 0 Å². The van der Waals surface area contributed by atoms with Crippen molar-refractivity contribution in [2.75, 3.05) is 0 Å². The number of allylic oxidation sites excluding steroid dienone is 1. The molecule has 0 aliphatic heterocycles. The van der Waals surface area contributed by atoms with Crippen molar-refractivity contribution in [1.29, 1.82) is 0 Å². The molecule has 0 saturated heterocycles. The second kappa shape index (κ2) is 3.91. The normalized spacial score (nSPS) is 16.7. The molecule has 1 aliphatic rings. The van der Waals surface area contributed by atoms with Crippen molar-refractivity contribution >= 4 is 27.6 Å². The van der Waals surface area contributed by atoms with Crippen LogP contribution < -0.4 is 0 Å². The topological polar surface area (TPSA) is 28.7 Å². The number of hydrogen-bond acceptors (Lipinski definition) is 1. The zero-order valence-corrected chi connectivity index (χ0v) is 10.3. The highest BCUT2D eigenvalue weighted by Crippen LogP contribution is 2.34. The summed E-state index contributed by atoms with van der Waals surface area (Å²) in [6, 6.07) is 6.51. The number of aromatic amines is 1. The Morgan fingerprint density at radius 2 is 2.25 bits per heavy atom.